The molecule has 1 aliphatic carbocycles. The molecule has 0 bridgehead atoms. The number of aliphatic hydroxyl groups is 1. The van der Waals surface area contributed by atoms with Crippen LogP contribution in [-0.2, 0) is 0 Å². The van der Waals surface area contributed by atoms with Crippen LogP contribution in [0.3, 0.4) is 0 Å². The highest BCUT2D eigenvalue weighted by Crippen LogP contribution is 2.36. The van der Waals surface area contributed by atoms with E-state index in [0.717, 1.165) is 19.3 Å². The molecule has 4 N–H and O–H groups in total. The third-order valence-corrected chi connectivity index (χ3v) is 3.88. The summed E-state index contributed by atoms with van der Waals surface area (Å²) in [4.78, 5) is 0. The van der Waals surface area contributed by atoms with Gasteiger partial charge in [0, 0.05) is 24.3 Å². The molecule has 2 atom stereocenters. The van der Waals surface area contributed by atoms with Crippen LogP contribution in [-0.4, -0.2) is 17.8 Å². The van der Waals surface area contributed by atoms with E-state index in [1.54, 1.807) is 12.1 Å². The Labute approximate surface area is 111 Å². The summed E-state index contributed by atoms with van der Waals surface area (Å²) in [5.41, 5.74) is 6.92. The summed E-state index contributed by atoms with van der Waals surface area (Å²) >= 11 is 12.2. The lowest BCUT2D eigenvalue weighted by Crippen LogP contribution is -2.26. The van der Waals surface area contributed by atoms with Crippen molar-refractivity contribution >= 4 is 34.6 Å². The smallest absolute Gasteiger partial charge is 0.0722 e. The summed E-state index contributed by atoms with van der Waals surface area (Å²) in [7, 11) is 0. The van der Waals surface area contributed by atoms with Gasteiger partial charge in [0.25, 0.3) is 0 Å². The molecule has 0 amide bonds. The molecule has 1 aliphatic rings. The third kappa shape index (κ3) is 2.79. The number of halogens is 2. The average molecular weight is 275 g/mol. The van der Waals surface area contributed by atoms with Crippen LogP contribution in [0.15, 0.2) is 12.1 Å². The normalized spacial score (nSPS) is 23.9. The molecular weight excluding hydrogens is 259 g/mol. The highest BCUT2D eigenvalue weighted by molar-refractivity contribution is 6.39. The zero-order chi connectivity index (χ0) is 12.4. The monoisotopic (exact) mass is 274 g/mol. The van der Waals surface area contributed by atoms with Crippen molar-refractivity contribution in [1.29, 1.82) is 0 Å². The van der Waals surface area contributed by atoms with Gasteiger partial charge in [-0.3, -0.25) is 0 Å². The SMILES string of the molecule is Nc1cc(Cl)c(NC2CCCC2CO)c(Cl)c1. The number of nitrogens with one attached hydrogen (secondary N) is 1. The van der Waals surface area contributed by atoms with Gasteiger partial charge in [-0.15, -0.1) is 0 Å². The van der Waals surface area contributed by atoms with Crippen LogP contribution in [0.5, 0.6) is 0 Å². The van der Waals surface area contributed by atoms with E-state index < -0.39 is 0 Å². The van der Waals surface area contributed by atoms with Crippen LogP contribution in [0.1, 0.15) is 19.3 Å². The fourth-order valence-electron chi connectivity index (χ4n) is 2.36. The van der Waals surface area contributed by atoms with E-state index in [1.165, 1.54) is 0 Å². The molecule has 0 heterocycles. The van der Waals surface area contributed by atoms with Crippen LogP contribution >= 0.6 is 23.2 Å². The molecule has 0 saturated heterocycles. The molecule has 0 spiro atoms. The first-order chi connectivity index (χ1) is 8.11. The number of hydrogen-bond donors (Lipinski definition) is 3. The Bertz CT molecular complexity index is 388. The van der Waals surface area contributed by atoms with Crippen molar-refractivity contribution < 1.29 is 5.11 Å². The first-order valence-corrected chi connectivity index (χ1v) is 6.49. The first kappa shape index (κ1) is 12.8. The lowest BCUT2D eigenvalue weighted by atomic mass is 10.0. The van der Waals surface area contributed by atoms with Crippen molar-refractivity contribution in [2.45, 2.75) is 25.3 Å². The maximum atomic E-state index is 9.27. The Morgan fingerprint density at radius 2 is 1.94 bits per heavy atom. The second-order valence-corrected chi connectivity index (χ2v) is 5.30. The van der Waals surface area contributed by atoms with Gasteiger partial charge >= 0.3 is 0 Å². The molecule has 0 radical (unpaired) electrons. The number of nitrogen functional groups attached to an aromatic ring is 1. The molecule has 1 aromatic carbocycles. The predicted molar refractivity (Wildman–Crippen MR) is 72.7 cm³/mol. The van der Waals surface area contributed by atoms with E-state index in [1.807, 2.05) is 0 Å². The van der Waals surface area contributed by atoms with Crippen LogP contribution in [0.2, 0.25) is 10.0 Å². The van der Waals surface area contributed by atoms with Crippen LogP contribution < -0.4 is 11.1 Å². The van der Waals surface area contributed by atoms with Gasteiger partial charge in [0.1, 0.15) is 0 Å². The lowest BCUT2D eigenvalue weighted by Gasteiger charge is -2.22. The molecule has 94 valence electrons. The van der Waals surface area contributed by atoms with E-state index in [0.29, 0.717) is 21.4 Å². The van der Waals surface area contributed by atoms with E-state index in [9.17, 15) is 5.11 Å². The Hall–Kier alpha value is -0.640. The molecule has 17 heavy (non-hydrogen) atoms. The van der Waals surface area contributed by atoms with Crippen molar-refractivity contribution in [3.8, 4) is 0 Å². The van der Waals surface area contributed by atoms with Crippen molar-refractivity contribution in [1.82, 2.24) is 0 Å². The number of rotatable bonds is 3. The zero-order valence-corrected chi connectivity index (χ0v) is 10.9. The number of benzene rings is 1. The van der Waals surface area contributed by atoms with Gasteiger partial charge < -0.3 is 16.2 Å². The fourth-order valence-corrected chi connectivity index (χ4v) is 2.97. The van der Waals surface area contributed by atoms with Gasteiger partial charge in [-0.1, -0.05) is 29.6 Å². The number of aliphatic hydroxyl groups excluding tert-OH is 1. The minimum Gasteiger partial charge on any atom is -0.399 e. The topological polar surface area (TPSA) is 58.3 Å². The van der Waals surface area contributed by atoms with E-state index in [4.69, 9.17) is 28.9 Å². The molecule has 0 aromatic heterocycles. The quantitative estimate of drug-likeness (QED) is 0.743. The largest absolute Gasteiger partial charge is 0.399 e. The Morgan fingerprint density at radius 1 is 1.29 bits per heavy atom. The first-order valence-electron chi connectivity index (χ1n) is 5.73. The molecule has 0 aliphatic heterocycles. The van der Waals surface area contributed by atoms with Crippen molar-refractivity contribution in [2.24, 2.45) is 5.92 Å². The number of anilines is 2. The summed E-state index contributed by atoms with van der Waals surface area (Å²) in [6.07, 6.45) is 3.19. The van der Waals surface area contributed by atoms with E-state index in [2.05, 4.69) is 5.32 Å². The summed E-state index contributed by atoms with van der Waals surface area (Å²) in [5.74, 6) is 0.277. The zero-order valence-electron chi connectivity index (χ0n) is 9.42. The molecule has 1 fully saturated rings. The van der Waals surface area contributed by atoms with Gasteiger partial charge in [-0.05, 0) is 25.0 Å². The van der Waals surface area contributed by atoms with Crippen LogP contribution in [0, 0.1) is 5.92 Å². The second kappa shape index (κ2) is 5.34. The Morgan fingerprint density at radius 3 is 2.53 bits per heavy atom. The van der Waals surface area contributed by atoms with E-state index in [-0.39, 0.29) is 18.6 Å². The lowest BCUT2D eigenvalue weighted by molar-refractivity contribution is 0.222. The van der Waals surface area contributed by atoms with Crippen LogP contribution in [0.25, 0.3) is 0 Å². The number of nitrogens with two attached hydrogens (primary N) is 1. The standard InChI is InChI=1S/C12H16Cl2N2O/c13-9-4-8(15)5-10(14)12(9)16-11-3-1-2-7(11)6-17/h4-5,7,11,16-17H,1-3,6,15H2. The van der Waals surface area contributed by atoms with Crippen molar-refractivity contribution in [2.75, 3.05) is 17.7 Å². The van der Waals surface area contributed by atoms with Gasteiger partial charge in [-0.2, -0.15) is 0 Å². The fraction of sp³-hybridized carbons (Fsp3) is 0.500. The number of hydrogen-bond acceptors (Lipinski definition) is 3. The second-order valence-electron chi connectivity index (χ2n) is 4.48. The van der Waals surface area contributed by atoms with Gasteiger partial charge in [-0.25, -0.2) is 0 Å². The highest BCUT2D eigenvalue weighted by Gasteiger charge is 2.27. The molecule has 3 nitrogen and oxygen atoms in total. The average Bonchev–Trinajstić information content (AvgIpc) is 2.70. The minimum atomic E-state index is 0.196. The van der Waals surface area contributed by atoms with Crippen molar-refractivity contribution in [3.05, 3.63) is 22.2 Å². The maximum absolute atomic E-state index is 9.27. The minimum absolute atomic E-state index is 0.196. The highest BCUT2D eigenvalue weighted by atomic mass is 35.5. The maximum Gasteiger partial charge on any atom is 0.0722 e. The molecule has 1 saturated carbocycles. The molecular formula is C12H16Cl2N2O. The summed E-state index contributed by atoms with van der Waals surface area (Å²) in [6.45, 7) is 0.196. The molecule has 5 heteroatoms. The third-order valence-electron chi connectivity index (χ3n) is 3.29. The Balaban J connectivity index is 2.18. The molecule has 2 unspecified atom stereocenters. The summed E-state index contributed by atoms with van der Waals surface area (Å²) < 4.78 is 0. The molecule has 2 rings (SSSR count). The Kier molecular flexibility index (Phi) is 4.02. The van der Waals surface area contributed by atoms with Crippen LogP contribution in [0.4, 0.5) is 11.4 Å². The van der Waals surface area contributed by atoms with Crippen molar-refractivity contribution in [3.63, 3.8) is 0 Å². The van der Waals surface area contributed by atoms with E-state index >= 15 is 0 Å². The molecule has 1 aromatic rings. The summed E-state index contributed by atoms with van der Waals surface area (Å²) in [6, 6.07) is 3.59. The van der Waals surface area contributed by atoms with Gasteiger partial charge in [0.2, 0.25) is 0 Å². The van der Waals surface area contributed by atoms with Gasteiger partial charge in [0.05, 0.1) is 15.7 Å². The predicted octanol–water partition coefficient (Wildman–Crippen LogP) is 3.15. The van der Waals surface area contributed by atoms with Gasteiger partial charge in [0.15, 0.2) is 0 Å². The summed E-state index contributed by atoms with van der Waals surface area (Å²) in [5, 5.41) is 13.7.